The van der Waals surface area contributed by atoms with Gasteiger partial charge in [0.2, 0.25) is 5.91 Å². The molecule has 1 aliphatic rings. The van der Waals surface area contributed by atoms with E-state index in [1.807, 2.05) is 31.2 Å². The van der Waals surface area contributed by atoms with E-state index < -0.39 is 0 Å². The summed E-state index contributed by atoms with van der Waals surface area (Å²) in [5.41, 5.74) is 3.00. The van der Waals surface area contributed by atoms with Crippen molar-refractivity contribution in [2.24, 2.45) is 0 Å². The lowest BCUT2D eigenvalue weighted by molar-refractivity contribution is -0.121. The van der Waals surface area contributed by atoms with E-state index in [-0.39, 0.29) is 36.8 Å². The van der Waals surface area contributed by atoms with Gasteiger partial charge >= 0.3 is 0 Å². The summed E-state index contributed by atoms with van der Waals surface area (Å²) in [7, 11) is 1.62. The Morgan fingerprint density at radius 3 is 2.25 bits per heavy atom. The molecule has 0 spiro atoms. The van der Waals surface area contributed by atoms with Crippen molar-refractivity contribution in [2.45, 2.75) is 25.9 Å². The molecule has 0 bridgehead atoms. The summed E-state index contributed by atoms with van der Waals surface area (Å²) < 4.78 is 5.51. The van der Waals surface area contributed by atoms with Gasteiger partial charge in [-0.05, 0) is 36.6 Å². The highest BCUT2D eigenvalue weighted by molar-refractivity contribution is 6.21. The number of aryl methyl sites for hydroxylation is 1. The molecule has 28 heavy (non-hydrogen) atoms. The van der Waals surface area contributed by atoms with Crippen LogP contribution in [0, 0.1) is 6.92 Å². The number of methoxy groups -OCH3 is 1. The molecule has 0 saturated carbocycles. The highest BCUT2D eigenvalue weighted by Crippen LogP contribution is 2.23. The maximum Gasteiger partial charge on any atom is 0.261 e. The first-order chi connectivity index (χ1) is 13.5. The van der Waals surface area contributed by atoms with Crippen molar-refractivity contribution >= 4 is 17.7 Å². The molecule has 0 aromatic heterocycles. The van der Waals surface area contributed by atoms with Crippen LogP contribution in [0.2, 0.25) is 0 Å². The fourth-order valence-electron chi connectivity index (χ4n) is 3.40. The minimum atomic E-state index is -0.292. The first kappa shape index (κ1) is 19.8. The zero-order valence-electron chi connectivity index (χ0n) is 16.1. The zero-order valence-corrected chi connectivity index (χ0v) is 16.1. The van der Waals surface area contributed by atoms with Gasteiger partial charge in [-0.15, -0.1) is 0 Å². The minimum absolute atomic E-state index is 0.132. The van der Waals surface area contributed by atoms with Crippen LogP contribution in [-0.2, 0) is 9.53 Å². The number of nitrogens with zero attached hydrogens (tertiary/aromatic N) is 1. The lowest BCUT2D eigenvalue weighted by atomic mass is 10.0. The molecule has 0 saturated heterocycles. The summed E-state index contributed by atoms with van der Waals surface area (Å²) in [6, 6.07) is 14.7. The Kier molecular flexibility index (Phi) is 6.21. The van der Waals surface area contributed by atoms with Crippen LogP contribution in [0.5, 0.6) is 0 Å². The fraction of sp³-hybridized carbons (Fsp3) is 0.318. The molecule has 146 valence electrons. The van der Waals surface area contributed by atoms with Gasteiger partial charge in [-0.25, -0.2) is 0 Å². The predicted octanol–water partition coefficient (Wildman–Crippen LogP) is 2.88. The van der Waals surface area contributed by atoms with E-state index in [9.17, 15) is 14.4 Å². The summed E-state index contributed by atoms with van der Waals surface area (Å²) >= 11 is 0. The Bertz CT molecular complexity index is 859. The number of fused-ring (bicyclic) bond motifs is 1. The average Bonchev–Trinajstić information content (AvgIpc) is 2.95. The number of hydrogen-bond acceptors (Lipinski definition) is 4. The molecule has 1 N–H and O–H groups in total. The monoisotopic (exact) mass is 380 g/mol. The van der Waals surface area contributed by atoms with Gasteiger partial charge in [-0.1, -0.05) is 36.4 Å². The van der Waals surface area contributed by atoms with Crippen molar-refractivity contribution in [3.63, 3.8) is 0 Å². The number of amides is 3. The number of imide groups is 1. The fourth-order valence-corrected chi connectivity index (χ4v) is 3.40. The third-order valence-electron chi connectivity index (χ3n) is 4.97. The molecule has 6 heteroatoms. The molecule has 1 atom stereocenters. The van der Waals surface area contributed by atoms with Crippen LogP contribution in [0.15, 0.2) is 48.5 Å². The van der Waals surface area contributed by atoms with Gasteiger partial charge in [0.15, 0.2) is 0 Å². The van der Waals surface area contributed by atoms with E-state index >= 15 is 0 Å². The zero-order chi connectivity index (χ0) is 20.1. The molecule has 6 nitrogen and oxygen atoms in total. The number of carbonyl (C=O) groups excluding carboxylic acids is 3. The molecule has 0 fully saturated rings. The van der Waals surface area contributed by atoms with Crippen molar-refractivity contribution in [2.75, 3.05) is 20.2 Å². The molecular formula is C22H24N2O4. The number of ether oxygens (including phenoxy) is 1. The molecule has 2 aromatic rings. The van der Waals surface area contributed by atoms with Gasteiger partial charge in [0.05, 0.1) is 17.2 Å². The molecule has 2 aromatic carbocycles. The smallest absolute Gasteiger partial charge is 0.261 e. The highest BCUT2D eigenvalue weighted by Gasteiger charge is 2.34. The summed E-state index contributed by atoms with van der Waals surface area (Å²) in [5, 5.41) is 2.87. The van der Waals surface area contributed by atoms with Crippen molar-refractivity contribution in [3.8, 4) is 0 Å². The van der Waals surface area contributed by atoms with Crippen molar-refractivity contribution < 1.29 is 19.1 Å². The number of rotatable bonds is 8. The Balaban J connectivity index is 1.47. The van der Waals surface area contributed by atoms with E-state index in [0.717, 1.165) is 11.1 Å². The highest BCUT2D eigenvalue weighted by atomic mass is 16.5. The minimum Gasteiger partial charge on any atom is -0.375 e. The quantitative estimate of drug-likeness (QED) is 0.715. The summed E-state index contributed by atoms with van der Waals surface area (Å²) in [6.07, 6.45) is 0.429. The van der Waals surface area contributed by atoms with Crippen molar-refractivity contribution in [1.82, 2.24) is 10.2 Å². The van der Waals surface area contributed by atoms with Crippen LogP contribution in [0.1, 0.15) is 50.8 Å². The standard InChI is InChI=1S/C22H24N2O4/c1-15-8-3-4-9-16(15)19(28-2)14-23-20(25)12-7-13-24-21(26)17-10-5-6-11-18(17)22(24)27/h3-6,8-11,19H,7,12-14H2,1-2H3,(H,23,25). The van der Waals surface area contributed by atoms with Gasteiger partial charge in [0.25, 0.3) is 11.8 Å². The third-order valence-corrected chi connectivity index (χ3v) is 4.97. The lowest BCUT2D eigenvalue weighted by Crippen LogP contribution is -2.33. The van der Waals surface area contributed by atoms with Gasteiger partial charge in [0.1, 0.15) is 0 Å². The SMILES string of the molecule is COC(CNC(=O)CCCN1C(=O)c2ccccc2C1=O)c1ccccc1C. The molecule has 1 heterocycles. The van der Waals surface area contributed by atoms with Gasteiger partial charge in [-0.3, -0.25) is 19.3 Å². The third kappa shape index (κ3) is 4.12. The molecule has 1 unspecified atom stereocenters. The van der Waals surface area contributed by atoms with E-state index in [1.165, 1.54) is 4.90 Å². The van der Waals surface area contributed by atoms with E-state index in [4.69, 9.17) is 4.74 Å². The van der Waals surface area contributed by atoms with Crippen LogP contribution < -0.4 is 5.32 Å². The molecule has 1 aliphatic heterocycles. The van der Waals surface area contributed by atoms with Gasteiger partial charge in [0, 0.05) is 26.6 Å². The van der Waals surface area contributed by atoms with E-state index in [2.05, 4.69) is 5.32 Å². The second-order valence-electron chi connectivity index (χ2n) is 6.80. The first-order valence-electron chi connectivity index (χ1n) is 9.33. The molecule has 3 rings (SSSR count). The topological polar surface area (TPSA) is 75.7 Å². The second kappa shape index (κ2) is 8.80. The first-order valence-corrected chi connectivity index (χ1v) is 9.33. The van der Waals surface area contributed by atoms with Crippen LogP contribution >= 0.6 is 0 Å². The Hall–Kier alpha value is -2.99. The molecule has 3 amide bonds. The van der Waals surface area contributed by atoms with Crippen LogP contribution in [0.3, 0.4) is 0 Å². The van der Waals surface area contributed by atoms with E-state index in [0.29, 0.717) is 24.1 Å². The average molecular weight is 380 g/mol. The summed E-state index contributed by atoms with van der Waals surface area (Å²) in [4.78, 5) is 38.0. The van der Waals surface area contributed by atoms with E-state index in [1.54, 1.807) is 31.4 Å². The second-order valence-corrected chi connectivity index (χ2v) is 6.80. The van der Waals surface area contributed by atoms with Crippen LogP contribution in [0.25, 0.3) is 0 Å². The van der Waals surface area contributed by atoms with Crippen molar-refractivity contribution in [3.05, 3.63) is 70.8 Å². The van der Waals surface area contributed by atoms with Crippen molar-refractivity contribution in [1.29, 1.82) is 0 Å². The van der Waals surface area contributed by atoms with Gasteiger partial charge < -0.3 is 10.1 Å². The Morgan fingerprint density at radius 2 is 1.64 bits per heavy atom. The van der Waals surface area contributed by atoms with Gasteiger partial charge in [-0.2, -0.15) is 0 Å². The molecule has 0 aliphatic carbocycles. The maximum atomic E-state index is 12.3. The number of hydrogen-bond donors (Lipinski definition) is 1. The number of nitrogens with one attached hydrogen (secondary N) is 1. The largest absolute Gasteiger partial charge is 0.375 e. The predicted molar refractivity (Wildman–Crippen MR) is 105 cm³/mol. The maximum absolute atomic E-state index is 12.3. The Labute approximate surface area is 164 Å². The normalized spacial score (nSPS) is 14.1. The molecular weight excluding hydrogens is 356 g/mol. The van der Waals surface area contributed by atoms with Crippen LogP contribution in [-0.4, -0.2) is 42.8 Å². The number of benzene rings is 2. The summed E-state index contributed by atoms with van der Waals surface area (Å²) in [5.74, 6) is -0.716. The molecule has 0 radical (unpaired) electrons. The lowest BCUT2D eigenvalue weighted by Gasteiger charge is -2.19. The summed E-state index contributed by atoms with van der Waals surface area (Å²) in [6.45, 7) is 2.60. The van der Waals surface area contributed by atoms with Crippen LogP contribution in [0.4, 0.5) is 0 Å². The number of carbonyl (C=O) groups is 3. The Morgan fingerprint density at radius 1 is 1.04 bits per heavy atom.